The van der Waals surface area contributed by atoms with Crippen LogP contribution in [0.1, 0.15) is 36.2 Å². The highest BCUT2D eigenvalue weighted by Gasteiger charge is 2.26. The smallest absolute Gasteiger partial charge is 0.337 e. The van der Waals surface area contributed by atoms with Crippen LogP contribution < -0.4 is 10.6 Å². The molecular weight excluding hydrogens is 380 g/mol. The van der Waals surface area contributed by atoms with Gasteiger partial charge in [-0.15, -0.1) is 0 Å². The number of fused-ring (bicyclic) bond motifs is 1. The Hall–Kier alpha value is -3.74. The fourth-order valence-electron chi connectivity index (χ4n) is 3.46. The average Bonchev–Trinajstić information content (AvgIpc) is 2.74. The molecule has 0 aliphatic carbocycles. The van der Waals surface area contributed by atoms with Crippen LogP contribution in [0.15, 0.2) is 60.9 Å². The number of pyridine rings is 2. The molecule has 0 saturated carbocycles. The lowest BCUT2D eigenvalue weighted by Gasteiger charge is -2.34. The van der Waals surface area contributed by atoms with E-state index in [9.17, 15) is 9.59 Å². The van der Waals surface area contributed by atoms with E-state index in [1.54, 1.807) is 31.3 Å². The maximum absolute atomic E-state index is 11.9. The predicted octanol–water partition coefficient (Wildman–Crippen LogP) is 3.80. The summed E-state index contributed by atoms with van der Waals surface area (Å²) in [7, 11) is 0. The second-order valence-corrected chi connectivity index (χ2v) is 7.11. The van der Waals surface area contributed by atoms with Crippen molar-refractivity contribution in [2.24, 2.45) is 0 Å². The number of rotatable bonds is 2. The van der Waals surface area contributed by atoms with Crippen molar-refractivity contribution in [3.63, 3.8) is 0 Å². The summed E-state index contributed by atoms with van der Waals surface area (Å²) in [5, 5.41) is 8.93. The Morgan fingerprint density at radius 2 is 1.93 bits per heavy atom. The van der Waals surface area contributed by atoms with Crippen LogP contribution in [0, 0.1) is 0 Å². The van der Waals surface area contributed by atoms with E-state index in [0.29, 0.717) is 5.82 Å². The van der Waals surface area contributed by atoms with Crippen LogP contribution in [0.2, 0.25) is 0 Å². The number of aromatic carboxylic acids is 1. The van der Waals surface area contributed by atoms with Crippen molar-refractivity contribution in [2.75, 3.05) is 10.6 Å². The van der Waals surface area contributed by atoms with Crippen LogP contribution in [-0.4, -0.2) is 33.0 Å². The summed E-state index contributed by atoms with van der Waals surface area (Å²) < 4.78 is 0. The first-order valence-corrected chi connectivity index (χ1v) is 9.65. The molecule has 7 nitrogen and oxygen atoms in total. The van der Waals surface area contributed by atoms with Gasteiger partial charge in [0.15, 0.2) is 0 Å². The zero-order valence-corrected chi connectivity index (χ0v) is 16.9. The Morgan fingerprint density at radius 1 is 1.13 bits per heavy atom. The number of nitrogens with two attached hydrogens (primary N) is 1. The molecule has 0 unspecified atom stereocenters. The molecule has 0 radical (unpaired) electrons. The highest BCUT2D eigenvalue weighted by atomic mass is 16.4. The highest BCUT2D eigenvalue weighted by molar-refractivity contribution is 5.94. The second-order valence-electron chi connectivity index (χ2n) is 7.11. The first-order valence-electron chi connectivity index (χ1n) is 9.65. The number of nitrogen functional groups attached to an aromatic ring is 1. The number of anilines is 2. The van der Waals surface area contributed by atoms with E-state index in [4.69, 9.17) is 10.8 Å². The SMILES string of the molecule is CC(=O)N1c2ccc(-c3ccc(C(=O)O)cn3)cc2CC[C@@H]1C.Nc1ccccn1. The van der Waals surface area contributed by atoms with Crippen molar-refractivity contribution >= 4 is 23.4 Å². The molecule has 4 rings (SSSR count). The zero-order chi connectivity index (χ0) is 21.7. The molecule has 3 heterocycles. The fraction of sp³-hybridized carbons (Fsp3) is 0.217. The van der Waals surface area contributed by atoms with Gasteiger partial charge in [0.25, 0.3) is 0 Å². The van der Waals surface area contributed by atoms with Gasteiger partial charge in [-0.2, -0.15) is 0 Å². The molecule has 154 valence electrons. The number of nitrogens with zero attached hydrogens (tertiary/aromatic N) is 3. The number of hydrogen-bond donors (Lipinski definition) is 2. The average molecular weight is 404 g/mol. The summed E-state index contributed by atoms with van der Waals surface area (Å²) in [5.74, 6) is -0.363. The Labute approximate surface area is 175 Å². The Kier molecular flexibility index (Phi) is 6.41. The molecule has 1 amide bonds. The van der Waals surface area contributed by atoms with E-state index in [2.05, 4.69) is 16.9 Å². The number of benzene rings is 1. The second kappa shape index (κ2) is 9.17. The number of carboxylic acids is 1. The summed E-state index contributed by atoms with van der Waals surface area (Å²) in [6.07, 6.45) is 4.87. The monoisotopic (exact) mass is 404 g/mol. The number of amides is 1. The molecule has 0 saturated heterocycles. The minimum Gasteiger partial charge on any atom is -0.478 e. The van der Waals surface area contributed by atoms with Crippen molar-refractivity contribution in [2.45, 2.75) is 32.7 Å². The van der Waals surface area contributed by atoms with Crippen LogP contribution >= 0.6 is 0 Å². The lowest BCUT2D eigenvalue weighted by Crippen LogP contribution is -2.40. The summed E-state index contributed by atoms with van der Waals surface area (Å²) in [6, 6.07) is 14.8. The lowest BCUT2D eigenvalue weighted by molar-refractivity contribution is -0.117. The fourth-order valence-corrected chi connectivity index (χ4v) is 3.46. The van der Waals surface area contributed by atoms with Crippen LogP contribution in [-0.2, 0) is 11.2 Å². The van der Waals surface area contributed by atoms with E-state index < -0.39 is 5.97 Å². The van der Waals surface area contributed by atoms with Gasteiger partial charge in [-0.05, 0) is 61.7 Å². The first-order chi connectivity index (χ1) is 14.4. The number of carboxylic acid groups (broad SMARTS) is 1. The molecule has 2 aromatic heterocycles. The van der Waals surface area contributed by atoms with Crippen LogP contribution in [0.25, 0.3) is 11.3 Å². The number of hydrogen-bond acceptors (Lipinski definition) is 5. The maximum Gasteiger partial charge on any atom is 0.337 e. The minimum atomic E-state index is -0.986. The van der Waals surface area contributed by atoms with Gasteiger partial charge >= 0.3 is 5.97 Å². The normalized spacial score (nSPS) is 14.9. The molecule has 7 heteroatoms. The molecule has 3 N–H and O–H groups in total. The molecule has 0 bridgehead atoms. The topological polar surface area (TPSA) is 109 Å². The molecule has 1 aliphatic rings. The Bertz CT molecular complexity index is 1040. The van der Waals surface area contributed by atoms with Crippen molar-refractivity contribution in [3.8, 4) is 11.3 Å². The Balaban J connectivity index is 0.000000310. The molecular formula is C23H24N4O3. The Morgan fingerprint density at radius 3 is 2.47 bits per heavy atom. The van der Waals surface area contributed by atoms with Gasteiger partial charge in [0.2, 0.25) is 5.91 Å². The van der Waals surface area contributed by atoms with Gasteiger partial charge in [0.05, 0.1) is 11.3 Å². The highest BCUT2D eigenvalue weighted by Crippen LogP contribution is 2.33. The molecule has 1 aromatic carbocycles. The maximum atomic E-state index is 11.9. The van der Waals surface area contributed by atoms with Crippen LogP contribution in [0.3, 0.4) is 0 Å². The van der Waals surface area contributed by atoms with Crippen LogP contribution in [0.5, 0.6) is 0 Å². The van der Waals surface area contributed by atoms with E-state index in [1.807, 2.05) is 35.2 Å². The van der Waals surface area contributed by atoms with Crippen molar-refractivity contribution in [1.82, 2.24) is 9.97 Å². The van der Waals surface area contributed by atoms with E-state index in [-0.39, 0.29) is 17.5 Å². The van der Waals surface area contributed by atoms with E-state index in [0.717, 1.165) is 35.3 Å². The largest absolute Gasteiger partial charge is 0.478 e. The van der Waals surface area contributed by atoms with Gasteiger partial charge in [0, 0.05) is 36.6 Å². The van der Waals surface area contributed by atoms with E-state index >= 15 is 0 Å². The quantitative estimate of drug-likeness (QED) is 0.672. The van der Waals surface area contributed by atoms with Gasteiger partial charge in [-0.3, -0.25) is 9.78 Å². The van der Waals surface area contributed by atoms with Crippen molar-refractivity contribution in [1.29, 1.82) is 0 Å². The standard InChI is InChI=1S/C18H18N2O3.C5H6N2/c1-11-3-4-14-9-13(6-8-17(14)20(11)12(2)21)16-7-5-15(10-19-16)18(22)23;6-5-3-1-2-4-7-5/h5-11H,3-4H2,1-2H3,(H,22,23);1-4H,(H2,6,7)/t11-;/m0./s1. The number of aromatic nitrogens is 2. The third kappa shape index (κ3) is 4.81. The van der Waals surface area contributed by atoms with Crippen LogP contribution in [0.4, 0.5) is 11.5 Å². The molecule has 0 fully saturated rings. The summed E-state index contributed by atoms with van der Waals surface area (Å²) in [6.45, 7) is 3.65. The molecule has 0 spiro atoms. The summed E-state index contributed by atoms with van der Waals surface area (Å²) in [5.41, 5.74) is 9.16. The van der Waals surface area contributed by atoms with Gasteiger partial charge in [-0.1, -0.05) is 12.1 Å². The third-order valence-corrected chi connectivity index (χ3v) is 4.94. The molecule has 1 atom stereocenters. The summed E-state index contributed by atoms with van der Waals surface area (Å²) in [4.78, 5) is 32.6. The number of carbonyl (C=O) groups is 2. The predicted molar refractivity (Wildman–Crippen MR) is 116 cm³/mol. The number of carbonyl (C=O) groups excluding carboxylic acids is 1. The summed E-state index contributed by atoms with van der Waals surface area (Å²) >= 11 is 0. The zero-order valence-electron chi connectivity index (χ0n) is 16.9. The lowest BCUT2D eigenvalue weighted by atomic mass is 9.94. The van der Waals surface area contributed by atoms with Crippen molar-refractivity contribution in [3.05, 3.63) is 72.1 Å². The first kappa shape index (κ1) is 21.0. The van der Waals surface area contributed by atoms with Crippen molar-refractivity contribution < 1.29 is 14.7 Å². The van der Waals surface area contributed by atoms with Gasteiger partial charge < -0.3 is 15.7 Å². The number of aryl methyl sites for hydroxylation is 1. The third-order valence-electron chi connectivity index (χ3n) is 4.94. The molecule has 3 aromatic rings. The van der Waals surface area contributed by atoms with E-state index in [1.165, 1.54) is 6.20 Å². The van der Waals surface area contributed by atoms with Gasteiger partial charge in [-0.25, -0.2) is 9.78 Å². The van der Waals surface area contributed by atoms with Gasteiger partial charge in [0.1, 0.15) is 5.82 Å². The molecule has 30 heavy (non-hydrogen) atoms. The molecule has 1 aliphatic heterocycles. The minimum absolute atomic E-state index is 0.0511.